The topological polar surface area (TPSA) is 88.5 Å². The Labute approximate surface area is 172 Å². The molecule has 0 bridgehead atoms. The first-order chi connectivity index (χ1) is 14.5. The molecule has 0 spiro atoms. The standard InChI is InChI=1S/C23H19FN2O4/c24-21-12-14(9-10-25-21)11-20(22(27)28)26-23(29)30-13-19-17-7-3-1-5-15(17)16-6-2-4-8-18(16)19/h1-10,12,19-20H,11,13H2,(H,26,29)(H,27,28)/t20-/m0/s1. The van der Waals surface area contributed by atoms with Crippen molar-refractivity contribution in [3.63, 3.8) is 0 Å². The Morgan fingerprint density at radius 3 is 2.30 bits per heavy atom. The molecule has 0 saturated heterocycles. The molecular weight excluding hydrogens is 387 g/mol. The molecule has 3 aromatic rings. The van der Waals surface area contributed by atoms with Gasteiger partial charge in [0, 0.05) is 18.5 Å². The van der Waals surface area contributed by atoms with E-state index >= 15 is 0 Å². The number of halogens is 1. The van der Waals surface area contributed by atoms with Crippen molar-refractivity contribution in [3.8, 4) is 11.1 Å². The summed E-state index contributed by atoms with van der Waals surface area (Å²) in [6, 6.07) is 17.2. The maximum absolute atomic E-state index is 13.2. The smallest absolute Gasteiger partial charge is 0.407 e. The van der Waals surface area contributed by atoms with Crippen LogP contribution in [0.4, 0.5) is 9.18 Å². The Bertz CT molecular complexity index is 1060. The molecule has 0 fully saturated rings. The van der Waals surface area contributed by atoms with E-state index in [1.54, 1.807) is 0 Å². The first kappa shape index (κ1) is 19.6. The van der Waals surface area contributed by atoms with Crippen molar-refractivity contribution in [1.82, 2.24) is 10.3 Å². The minimum absolute atomic E-state index is 0.0794. The molecule has 1 atom stereocenters. The van der Waals surface area contributed by atoms with Crippen molar-refractivity contribution >= 4 is 12.1 Å². The molecule has 0 radical (unpaired) electrons. The summed E-state index contributed by atoms with van der Waals surface area (Å²) < 4.78 is 18.6. The van der Waals surface area contributed by atoms with E-state index in [1.165, 1.54) is 12.3 Å². The average Bonchev–Trinajstić information content (AvgIpc) is 3.06. The van der Waals surface area contributed by atoms with Crippen molar-refractivity contribution in [2.24, 2.45) is 0 Å². The maximum atomic E-state index is 13.2. The second-order valence-electron chi connectivity index (χ2n) is 7.05. The number of fused-ring (bicyclic) bond motifs is 3. The number of benzene rings is 2. The van der Waals surface area contributed by atoms with Gasteiger partial charge in [-0.15, -0.1) is 0 Å². The highest BCUT2D eigenvalue weighted by Crippen LogP contribution is 2.44. The van der Waals surface area contributed by atoms with Gasteiger partial charge < -0.3 is 15.2 Å². The van der Waals surface area contributed by atoms with Crippen LogP contribution in [0, 0.1) is 5.95 Å². The van der Waals surface area contributed by atoms with Gasteiger partial charge in [-0.25, -0.2) is 14.6 Å². The molecular formula is C23H19FN2O4. The quantitative estimate of drug-likeness (QED) is 0.609. The second kappa shape index (κ2) is 8.32. The number of nitrogens with zero attached hydrogens (tertiary/aromatic N) is 1. The Hall–Kier alpha value is -3.74. The van der Waals surface area contributed by atoms with Gasteiger partial charge in [-0.2, -0.15) is 4.39 Å². The van der Waals surface area contributed by atoms with Crippen LogP contribution in [-0.2, 0) is 16.0 Å². The third kappa shape index (κ3) is 4.00. The minimum atomic E-state index is -1.25. The molecule has 6 nitrogen and oxygen atoms in total. The summed E-state index contributed by atoms with van der Waals surface area (Å²) in [5.74, 6) is -2.07. The monoisotopic (exact) mass is 406 g/mol. The molecule has 1 aliphatic carbocycles. The number of hydrogen-bond donors (Lipinski definition) is 2. The number of amides is 1. The van der Waals surface area contributed by atoms with Crippen LogP contribution in [0.5, 0.6) is 0 Å². The first-order valence-electron chi connectivity index (χ1n) is 9.47. The van der Waals surface area contributed by atoms with Crippen molar-refractivity contribution in [3.05, 3.63) is 89.5 Å². The van der Waals surface area contributed by atoms with Gasteiger partial charge >= 0.3 is 12.1 Å². The Kier molecular flexibility index (Phi) is 5.43. The van der Waals surface area contributed by atoms with E-state index in [0.717, 1.165) is 28.3 Å². The molecule has 1 amide bonds. The number of pyridine rings is 1. The number of carboxylic acids is 1. The number of ether oxygens (including phenoxy) is 1. The number of nitrogens with one attached hydrogen (secondary N) is 1. The SMILES string of the molecule is O=C(N[C@@H](Cc1ccnc(F)c1)C(=O)O)OCC1c2ccccc2-c2ccccc21. The minimum Gasteiger partial charge on any atom is -0.480 e. The third-order valence-electron chi connectivity index (χ3n) is 5.16. The molecule has 2 aromatic carbocycles. The van der Waals surface area contributed by atoms with E-state index in [4.69, 9.17) is 4.74 Å². The van der Waals surface area contributed by atoms with Gasteiger partial charge in [0.2, 0.25) is 5.95 Å². The summed E-state index contributed by atoms with van der Waals surface area (Å²) in [6.07, 6.45) is 0.328. The fraction of sp³-hybridized carbons (Fsp3) is 0.174. The largest absolute Gasteiger partial charge is 0.480 e. The van der Waals surface area contributed by atoms with Gasteiger partial charge in [0.1, 0.15) is 12.6 Å². The Balaban J connectivity index is 1.43. The molecule has 2 N–H and O–H groups in total. The molecule has 1 aliphatic rings. The Morgan fingerprint density at radius 2 is 1.70 bits per heavy atom. The van der Waals surface area contributed by atoms with Crippen LogP contribution in [-0.4, -0.2) is 34.8 Å². The maximum Gasteiger partial charge on any atom is 0.407 e. The zero-order valence-corrected chi connectivity index (χ0v) is 15.9. The highest BCUT2D eigenvalue weighted by atomic mass is 19.1. The molecule has 1 aromatic heterocycles. The van der Waals surface area contributed by atoms with Crippen molar-refractivity contribution < 1.29 is 23.8 Å². The lowest BCUT2D eigenvalue weighted by Gasteiger charge is -2.17. The van der Waals surface area contributed by atoms with Gasteiger partial charge in [-0.3, -0.25) is 0 Å². The highest BCUT2D eigenvalue weighted by molar-refractivity contribution is 5.81. The molecule has 4 rings (SSSR count). The highest BCUT2D eigenvalue weighted by Gasteiger charge is 2.29. The van der Waals surface area contributed by atoms with Crippen LogP contribution < -0.4 is 5.32 Å². The van der Waals surface area contributed by atoms with Gasteiger partial charge in [0.05, 0.1) is 0 Å². The number of carboxylic acid groups (broad SMARTS) is 1. The lowest BCUT2D eigenvalue weighted by Crippen LogP contribution is -2.42. The van der Waals surface area contributed by atoms with Crippen LogP contribution in [0.3, 0.4) is 0 Å². The lowest BCUT2D eigenvalue weighted by molar-refractivity contribution is -0.139. The summed E-state index contributed by atoms with van der Waals surface area (Å²) >= 11 is 0. The van der Waals surface area contributed by atoms with Gasteiger partial charge in [-0.1, -0.05) is 48.5 Å². The van der Waals surface area contributed by atoms with Crippen LogP contribution >= 0.6 is 0 Å². The number of carbonyl (C=O) groups excluding carboxylic acids is 1. The predicted octanol–water partition coefficient (Wildman–Crippen LogP) is 3.76. The molecule has 7 heteroatoms. The van der Waals surface area contributed by atoms with Crippen LogP contribution in [0.15, 0.2) is 66.9 Å². The van der Waals surface area contributed by atoms with E-state index in [1.807, 2.05) is 48.5 Å². The van der Waals surface area contributed by atoms with E-state index in [2.05, 4.69) is 10.3 Å². The molecule has 0 saturated carbocycles. The van der Waals surface area contributed by atoms with E-state index in [0.29, 0.717) is 5.56 Å². The predicted molar refractivity (Wildman–Crippen MR) is 108 cm³/mol. The number of aromatic nitrogens is 1. The molecule has 30 heavy (non-hydrogen) atoms. The molecule has 1 heterocycles. The average molecular weight is 406 g/mol. The van der Waals surface area contributed by atoms with Crippen LogP contribution in [0.1, 0.15) is 22.6 Å². The number of hydrogen-bond acceptors (Lipinski definition) is 4. The fourth-order valence-electron chi connectivity index (χ4n) is 3.79. The lowest BCUT2D eigenvalue weighted by atomic mass is 9.98. The third-order valence-corrected chi connectivity index (χ3v) is 5.16. The van der Waals surface area contributed by atoms with Crippen LogP contribution in [0.25, 0.3) is 11.1 Å². The zero-order valence-electron chi connectivity index (χ0n) is 15.9. The normalized spacial score (nSPS) is 13.2. The van der Waals surface area contributed by atoms with E-state index < -0.39 is 24.1 Å². The van der Waals surface area contributed by atoms with Crippen molar-refractivity contribution in [2.75, 3.05) is 6.61 Å². The van der Waals surface area contributed by atoms with Crippen molar-refractivity contribution in [1.29, 1.82) is 0 Å². The molecule has 152 valence electrons. The fourth-order valence-corrected chi connectivity index (χ4v) is 3.79. The summed E-state index contributed by atoms with van der Waals surface area (Å²) in [5, 5.41) is 11.8. The summed E-state index contributed by atoms with van der Waals surface area (Å²) in [4.78, 5) is 27.3. The van der Waals surface area contributed by atoms with Gasteiger partial charge in [0.15, 0.2) is 0 Å². The van der Waals surface area contributed by atoms with Crippen molar-refractivity contribution in [2.45, 2.75) is 18.4 Å². The van der Waals surface area contributed by atoms with Crippen LogP contribution in [0.2, 0.25) is 0 Å². The van der Waals surface area contributed by atoms with Gasteiger partial charge in [-0.05, 0) is 39.9 Å². The summed E-state index contributed by atoms with van der Waals surface area (Å²) in [7, 11) is 0. The van der Waals surface area contributed by atoms with E-state index in [9.17, 15) is 19.1 Å². The first-order valence-corrected chi connectivity index (χ1v) is 9.47. The number of aliphatic carboxylic acids is 1. The molecule has 0 unspecified atom stereocenters. The van der Waals surface area contributed by atoms with Gasteiger partial charge in [0.25, 0.3) is 0 Å². The molecule has 0 aliphatic heterocycles. The number of rotatable bonds is 6. The summed E-state index contributed by atoms with van der Waals surface area (Å²) in [5.41, 5.74) is 4.74. The zero-order chi connectivity index (χ0) is 21.1. The van der Waals surface area contributed by atoms with E-state index in [-0.39, 0.29) is 18.9 Å². The summed E-state index contributed by atoms with van der Waals surface area (Å²) in [6.45, 7) is 0.0794. The number of carbonyl (C=O) groups is 2. The Morgan fingerprint density at radius 1 is 1.07 bits per heavy atom. The number of alkyl carbamates (subject to hydrolysis) is 1. The second-order valence-corrected chi connectivity index (χ2v) is 7.05.